The number of ketones is 1. The van der Waals surface area contributed by atoms with Crippen molar-refractivity contribution in [2.24, 2.45) is 0 Å². The Morgan fingerprint density at radius 2 is 1.64 bits per heavy atom. The molecule has 4 rings (SSSR count). The summed E-state index contributed by atoms with van der Waals surface area (Å²) in [5, 5.41) is 2.79. The lowest BCUT2D eigenvalue weighted by atomic mass is 10.1. The molecule has 1 N–H and O–H groups in total. The van der Waals surface area contributed by atoms with Gasteiger partial charge >= 0.3 is 0 Å². The van der Waals surface area contributed by atoms with Gasteiger partial charge in [0.25, 0.3) is 5.91 Å². The first-order chi connectivity index (χ1) is 17.6. The van der Waals surface area contributed by atoms with E-state index >= 15 is 0 Å². The third-order valence-corrected chi connectivity index (χ3v) is 5.98. The summed E-state index contributed by atoms with van der Waals surface area (Å²) in [7, 11) is 0. The fourth-order valence-corrected chi connectivity index (χ4v) is 4.13. The number of anilines is 2. The number of piperidine rings is 1. The van der Waals surface area contributed by atoms with Crippen LogP contribution >= 0.6 is 0 Å². The van der Waals surface area contributed by atoms with E-state index in [1.54, 1.807) is 24.3 Å². The second kappa shape index (κ2) is 12.6. The molecule has 0 saturated carbocycles. The summed E-state index contributed by atoms with van der Waals surface area (Å²) in [5.41, 5.74) is 3.34. The van der Waals surface area contributed by atoms with Gasteiger partial charge in [-0.25, -0.2) is 0 Å². The average molecular weight is 485 g/mol. The van der Waals surface area contributed by atoms with Gasteiger partial charge in [0, 0.05) is 30.0 Å². The van der Waals surface area contributed by atoms with Gasteiger partial charge in [0.05, 0.1) is 6.61 Å². The van der Waals surface area contributed by atoms with Gasteiger partial charge in [-0.05, 0) is 86.4 Å². The minimum Gasteiger partial charge on any atom is -0.490 e. The number of nitrogens with one attached hydrogen (secondary N) is 1. The number of benzene rings is 3. The maximum atomic E-state index is 12.7. The molecule has 6 nitrogen and oxygen atoms in total. The Bertz CT molecular complexity index is 1180. The molecule has 0 radical (unpaired) electrons. The van der Waals surface area contributed by atoms with Crippen molar-refractivity contribution in [1.82, 2.24) is 0 Å². The zero-order valence-electron chi connectivity index (χ0n) is 20.6. The molecule has 0 spiro atoms. The maximum absolute atomic E-state index is 12.7. The van der Waals surface area contributed by atoms with E-state index in [2.05, 4.69) is 10.2 Å². The molecule has 36 heavy (non-hydrogen) atoms. The molecule has 3 aromatic carbocycles. The highest BCUT2D eigenvalue weighted by atomic mass is 16.5. The molecule has 1 aliphatic rings. The van der Waals surface area contributed by atoms with Gasteiger partial charge in [-0.3, -0.25) is 9.59 Å². The molecule has 186 valence electrons. The number of ether oxygens (including phenoxy) is 2. The van der Waals surface area contributed by atoms with Crippen LogP contribution in [0.15, 0.2) is 78.9 Å². The van der Waals surface area contributed by atoms with Crippen LogP contribution in [0.3, 0.4) is 0 Å². The molecule has 1 amide bonds. The molecule has 1 fully saturated rings. The van der Waals surface area contributed by atoms with Crippen LogP contribution in [0.1, 0.15) is 42.1 Å². The quantitative estimate of drug-likeness (QED) is 0.283. The second-order valence-electron chi connectivity index (χ2n) is 8.63. The maximum Gasteiger partial charge on any atom is 0.262 e. The first kappa shape index (κ1) is 25.0. The molecule has 0 unspecified atom stereocenters. The van der Waals surface area contributed by atoms with Gasteiger partial charge in [0.1, 0.15) is 0 Å². The lowest BCUT2D eigenvalue weighted by Crippen LogP contribution is -2.29. The molecule has 6 heteroatoms. The predicted molar refractivity (Wildman–Crippen MR) is 144 cm³/mol. The summed E-state index contributed by atoms with van der Waals surface area (Å²) in [6, 6.07) is 22.4. The largest absolute Gasteiger partial charge is 0.490 e. The Kier molecular flexibility index (Phi) is 8.76. The van der Waals surface area contributed by atoms with E-state index in [0.29, 0.717) is 29.4 Å². The van der Waals surface area contributed by atoms with E-state index < -0.39 is 0 Å². The Hall–Kier alpha value is -4.06. The first-order valence-corrected chi connectivity index (χ1v) is 12.4. The number of carbonyl (C=O) groups is 2. The van der Waals surface area contributed by atoms with Crippen LogP contribution < -0.4 is 19.7 Å². The van der Waals surface area contributed by atoms with Gasteiger partial charge in [0.2, 0.25) is 0 Å². The van der Waals surface area contributed by atoms with Crippen molar-refractivity contribution in [2.75, 3.05) is 36.5 Å². The Morgan fingerprint density at radius 1 is 0.889 bits per heavy atom. The summed E-state index contributed by atoms with van der Waals surface area (Å²) in [5.74, 6) is 0.669. The molecule has 3 aromatic rings. The number of para-hydroxylation sites is 1. The average Bonchev–Trinajstić information content (AvgIpc) is 2.92. The number of nitrogens with zero attached hydrogens (tertiary/aromatic N) is 1. The summed E-state index contributed by atoms with van der Waals surface area (Å²) >= 11 is 0. The minimum atomic E-state index is -0.260. The summed E-state index contributed by atoms with van der Waals surface area (Å²) < 4.78 is 11.4. The van der Waals surface area contributed by atoms with Crippen molar-refractivity contribution in [2.45, 2.75) is 26.2 Å². The molecule has 1 aliphatic heterocycles. The number of hydrogen-bond acceptors (Lipinski definition) is 5. The van der Waals surface area contributed by atoms with Crippen LogP contribution in [0.5, 0.6) is 11.5 Å². The Labute approximate surface area is 212 Å². The lowest BCUT2D eigenvalue weighted by molar-refractivity contribution is -0.118. The highest BCUT2D eigenvalue weighted by molar-refractivity contribution is 6.07. The Morgan fingerprint density at radius 3 is 2.36 bits per heavy atom. The number of allylic oxidation sites excluding steroid dienone is 1. The van der Waals surface area contributed by atoms with Crippen molar-refractivity contribution in [3.63, 3.8) is 0 Å². The van der Waals surface area contributed by atoms with Gasteiger partial charge in [-0.2, -0.15) is 0 Å². The SMILES string of the molecule is CCOc1cc(/C=C/C(=O)c2ccc(N3CCCCC3)cc2)ccc1OCC(=O)Nc1ccccc1. The second-order valence-corrected chi connectivity index (χ2v) is 8.63. The predicted octanol–water partition coefficient (Wildman–Crippen LogP) is 5.99. The minimum absolute atomic E-state index is 0.0592. The molecule has 0 aromatic heterocycles. The van der Waals surface area contributed by atoms with Crippen molar-refractivity contribution in [1.29, 1.82) is 0 Å². The molecule has 0 aliphatic carbocycles. The van der Waals surface area contributed by atoms with Crippen molar-refractivity contribution < 1.29 is 19.1 Å². The molecule has 1 heterocycles. The molecular formula is C30H32N2O4. The van der Waals surface area contributed by atoms with E-state index in [0.717, 1.165) is 18.7 Å². The van der Waals surface area contributed by atoms with E-state index in [1.165, 1.54) is 24.9 Å². The van der Waals surface area contributed by atoms with Crippen LogP contribution in [0.2, 0.25) is 0 Å². The highest BCUT2D eigenvalue weighted by Crippen LogP contribution is 2.29. The summed E-state index contributed by atoms with van der Waals surface area (Å²) in [4.78, 5) is 27.3. The lowest BCUT2D eigenvalue weighted by Gasteiger charge is -2.28. The van der Waals surface area contributed by atoms with Gasteiger partial charge in [-0.1, -0.05) is 30.3 Å². The van der Waals surface area contributed by atoms with E-state index in [4.69, 9.17) is 9.47 Å². The zero-order chi connectivity index (χ0) is 25.2. The molecule has 1 saturated heterocycles. The normalized spacial score (nSPS) is 13.4. The third kappa shape index (κ3) is 6.98. The van der Waals surface area contributed by atoms with Crippen LogP contribution in [-0.2, 0) is 4.79 Å². The van der Waals surface area contributed by atoms with E-state index in [1.807, 2.05) is 67.6 Å². The monoisotopic (exact) mass is 484 g/mol. The zero-order valence-corrected chi connectivity index (χ0v) is 20.6. The van der Waals surface area contributed by atoms with Gasteiger partial charge < -0.3 is 19.7 Å². The summed E-state index contributed by atoms with van der Waals surface area (Å²) in [6.07, 6.45) is 7.05. The van der Waals surface area contributed by atoms with Gasteiger partial charge in [0.15, 0.2) is 23.9 Å². The smallest absolute Gasteiger partial charge is 0.262 e. The first-order valence-electron chi connectivity index (χ1n) is 12.4. The molecular weight excluding hydrogens is 452 g/mol. The van der Waals surface area contributed by atoms with Crippen LogP contribution in [0.25, 0.3) is 6.08 Å². The molecule has 0 atom stereocenters. The van der Waals surface area contributed by atoms with E-state index in [-0.39, 0.29) is 18.3 Å². The summed E-state index contributed by atoms with van der Waals surface area (Å²) in [6.45, 7) is 4.34. The third-order valence-electron chi connectivity index (χ3n) is 5.98. The number of hydrogen-bond donors (Lipinski definition) is 1. The van der Waals surface area contributed by atoms with Gasteiger partial charge in [-0.15, -0.1) is 0 Å². The van der Waals surface area contributed by atoms with Crippen LogP contribution in [0.4, 0.5) is 11.4 Å². The van der Waals surface area contributed by atoms with Crippen molar-refractivity contribution >= 4 is 29.1 Å². The van der Waals surface area contributed by atoms with Crippen LogP contribution in [-0.4, -0.2) is 38.0 Å². The fourth-order valence-electron chi connectivity index (χ4n) is 4.13. The Balaban J connectivity index is 1.36. The highest BCUT2D eigenvalue weighted by Gasteiger charge is 2.12. The fraction of sp³-hybridized carbons (Fsp3) is 0.267. The van der Waals surface area contributed by atoms with Crippen molar-refractivity contribution in [3.05, 3.63) is 90.0 Å². The standard InChI is InChI=1S/C30H32N2O4/c1-2-35-29-21-23(12-18-28(29)36-22-30(34)31-25-9-5-3-6-10-25)11-17-27(33)24-13-15-26(16-14-24)32-19-7-4-8-20-32/h3,5-6,9-18,21H,2,4,7-8,19-20,22H2,1H3,(H,31,34)/b17-11+. The number of amides is 1. The van der Waals surface area contributed by atoms with Crippen LogP contribution in [0, 0.1) is 0 Å². The molecule has 0 bridgehead atoms. The number of rotatable bonds is 10. The van der Waals surface area contributed by atoms with E-state index in [9.17, 15) is 9.59 Å². The topological polar surface area (TPSA) is 67.9 Å². The number of carbonyl (C=O) groups excluding carboxylic acids is 2. The van der Waals surface area contributed by atoms with Crippen molar-refractivity contribution in [3.8, 4) is 11.5 Å².